The lowest BCUT2D eigenvalue weighted by Gasteiger charge is -2.37. The summed E-state index contributed by atoms with van der Waals surface area (Å²) in [4.78, 5) is 45.7. The van der Waals surface area contributed by atoms with E-state index in [0.717, 1.165) is 35.7 Å². The Morgan fingerprint density at radius 3 is 2.60 bits per heavy atom. The third-order valence-electron chi connectivity index (χ3n) is 8.85. The molecular formula is C32H36N2O6. The fourth-order valence-electron chi connectivity index (χ4n) is 7.01. The van der Waals surface area contributed by atoms with Gasteiger partial charge in [-0.1, -0.05) is 54.6 Å². The van der Waals surface area contributed by atoms with Crippen molar-refractivity contribution < 1.29 is 29.0 Å². The van der Waals surface area contributed by atoms with E-state index in [4.69, 9.17) is 9.47 Å². The number of amides is 2. The summed E-state index contributed by atoms with van der Waals surface area (Å²) >= 11 is 0. The average molecular weight is 545 g/mol. The van der Waals surface area contributed by atoms with Crippen molar-refractivity contribution in [3.63, 3.8) is 0 Å². The monoisotopic (exact) mass is 544 g/mol. The van der Waals surface area contributed by atoms with Gasteiger partial charge in [0.15, 0.2) is 0 Å². The van der Waals surface area contributed by atoms with Gasteiger partial charge in [-0.2, -0.15) is 0 Å². The Bertz CT molecular complexity index is 1390. The van der Waals surface area contributed by atoms with Crippen LogP contribution < -0.4 is 4.90 Å². The molecule has 8 nitrogen and oxygen atoms in total. The Labute approximate surface area is 234 Å². The molecule has 4 aliphatic rings. The zero-order valence-electron chi connectivity index (χ0n) is 22.8. The second-order valence-corrected chi connectivity index (χ2v) is 11.4. The number of rotatable bonds is 5. The van der Waals surface area contributed by atoms with Crippen LogP contribution in [0.5, 0.6) is 0 Å². The largest absolute Gasteiger partial charge is 0.465 e. The van der Waals surface area contributed by atoms with Crippen molar-refractivity contribution in [2.45, 2.75) is 56.3 Å². The second-order valence-electron chi connectivity index (χ2n) is 11.4. The molecule has 1 spiro atoms. The van der Waals surface area contributed by atoms with Crippen LogP contribution in [-0.4, -0.2) is 71.3 Å². The summed E-state index contributed by atoms with van der Waals surface area (Å²) in [5.41, 5.74) is -1.69. The van der Waals surface area contributed by atoms with Crippen LogP contribution in [0.15, 0.2) is 66.8 Å². The minimum atomic E-state index is -1.32. The number of likely N-dealkylation sites (tertiary alicyclic amines) is 1. The number of aliphatic hydroxyl groups is 1. The van der Waals surface area contributed by atoms with Crippen molar-refractivity contribution in [2.75, 3.05) is 31.2 Å². The molecule has 2 fully saturated rings. The van der Waals surface area contributed by atoms with Crippen LogP contribution >= 0.6 is 0 Å². The van der Waals surface area contributed by atoms with Crippen molar-refractivity contribution in [3.05, 3.63) is 66.8 Å². The van der Waals surface area contributed by atoms with E-state index in [9.17, 15) is 19.5 Å². The van der Waals surface area contributed by atoms with Crippen LogP contribution in [0.25, 0.3) is 10.8 Å². The number of hydrogen-bond donors (Lipinski definition) is 1. The Hall–Kier alpha value is -3.49. The van der Waals surface area contributed by atoms with Gasteiger partial charge in [0, 0.05) is 25.4 Å². The number of cyclic esters (lactones) is 1. The maximum atomic E-state index is 14.6. The molecule has 2 amide bonds. The molecule has 0 bridgehead atoms. The summed E-state index contributed by atoms with van der Waals surface area (Å²) in [7, 11) is 0. The van der Waals surface area contributed by atoms with E-state index in [1.165, 1.54) is 0 Å². The number of hydrogen-bond acceptors (Lipinski definition) is 6. The van der Waals surface area contributed by atoms with Gasteiger partial charge in [-0.3, -0.25) is 14.4 Å². The van der Waals surface area contributed by atoms with E-state index >= 15 is 0 Å². The number of unbranched alkanes of at least 4 members (excludes halogenated alkanes) is 1. The summed E-state index contributed by atoms with van der Waals surface area (Å²) < 4.78 is 12.5. The average Bonchev–Trinajstić information content (AvgIpc) is 3.27. The lowest BCUT2D eigenvalue weighted by atomic mass is 9.74. The molecule has 2 aromatic carbocycles. The van der Waals surface area contributed by atoms with Gasteiger partial charge in [0.05, 0.1) is 18.1 Å². The summed E-state index contributed by atoms with van der Waals surface area (Å²) in [6.45, 7) is 2.71. The minimum Gasteiger partial charge on any atom is -0.465 e. The molecule has 6 rings (SSSR count). The molecular weight excluding hydrogens is 508 g/mol. The zero-order chi connectivity index (χ0) is 27.9. The number of nitrogens with zero attached hydrogens (tertiary/aromatic N) is 2. The van der Waals surface area contributed by atoms with Crippen LogP contribution in [0.3, 0.4) is 0 Å². The molecule has 40 heavy (non-hydrogen) atoms. The fourth-order valence-corrected chi connectivity index (χ4v) is 7.01. The van der Waals surface area contributed by atoms with Crippen molar-refractivity contribution in [2.24, 2.45) is 11.8 Å². The molecule has 8 heteroatoms. The molecule has 1 N–H and O–H groups in total. The van der Waals surface area contributed by atoms with Crippen LogP contribution in [0, 0.1) is 11.8 Å². The van der Waals surface area contributed by atoms with E-state index in [-0.39, 0.29) is 25.0 Å². The summed E-state index contributed by atoms with van der Waals surface area (Å²) in [6.07, 6.45) is 11.1. The Morgan fingerprint density at radius 2 is 1.77 bits per heavy atom. The standard InChI is InChI=1S/C32H36N2O6/c1-31-15-6-2-3-9-20-39-30(38)26(31)25-28(36)34(17-7-8-19-35)27-29(37)33(18-10-16-32(25,27)40-31)24-14-13-22-11-4-5-12-23(22)21-24/h4-6,10-16,21,25-27,35H,2-3,7-9,17-20H2,1H3/b15-6-/t25-,26+,27?,31-,32-/m0/s1. The van der Waals surface area contributed by atoms with E-state index in [1.54, 1.807) is 9.80 Å². The number of benzene rings is 2. The van der Waals surface area contributed by atoms with Crippen LogP contribution in [0.4, 0.5) is 5.69 Å². The summed E-state index contributed by atoms with van der Waals surface area (Å²) in [6, 6.07) is 12.9. The van der Waals surface area contributed by atoms with Crippen LogP contribution in [-0.2, 0) is 23.9 Å². The van der Waals surface area contributed by atoms with E-state index in [0.29, 0.717) is 26.0 Å². The lowest BCUT2D eigenvalue weighted by molar-refractivity contribution is -0.158. The highest BCUT2D eigenvalue weighted by Crippen LogP contribution is 2.57. The number of allylic oxidation sites excluding steroid dienone is 1. The van der Waals surface area contributed by atoms with Gasteiger partial charge in [-0.05, 0) is 61.9 Å². The smallest absolute Gasteiger partial charge is 0.313 e. The molecule has 4 heterocycles. The molecule has 0 radical (unpaired) electrons. The first-order valence-corrected chi connectivity index (χ1v) is 14.3. The molecule has 5 atom stereocenters. The first-order valence-electron chi connectivity index (χ1n) is 14.3. The van der Waals surface area contributed by atoms with Crippen LogP contribution in [0.1, 0.15) is 39.0 Å². The van der Waals surface area contributed by atoms with Crippen molar-refractivity contribution >= 4 is 34.2 Å². The highest BCUT2D eigenvalue weighted by atomic mass is 16.6. The number of fused-ring (bicyclic) bond motifs is 3. The van der Waals surface area contributed by atoms with Crippen molar-refractivity contribution in [1.29, 1.82) is 0 Å². The number of anilines is 1. The van der Waals surface area contributed by atoms with Gasteiger partial charge in [-0.25, -0.2) is 0 Å². The lowest BCUT2D eigenvalue weighted by Crippen LogP contribution is -2.56. The molecule has 210 valence electrons. The molecule has 2 aromatic rings. The van der Waals surface area contributed by atoms with Gasteiger partial charge < -0.3 is 24.4 Å². The van der Waals surface area contributed by atoms with Gasteiger partial charge in [0.1, 0.15) is 17.6 Å². The third-order valence-corrected chi connectivity index (χ3v) is 8.85. The Balaban J connectivity index is 1.45. The fraction of sp³-hybridized carbons (Fsp3) is 0.469. The maximum Gasteiger partial charge on any atom is 0.313 e. The quantitative estimate of drug-likeness (QED) is 0.350. The number of esters is 1. The molecule has 0 saturated carbocycles. The molecule has 1 unspecified atom stereocenters. The number of carbonyl (C=O) groups is 3. The minimum absolute atomic E-state index is 0.00729. The highest BCUT2D eigenvalue weighted by Gasteiger charge is 2.74. The first-order chi connectivity index (χ1) is 19.4. The topological polar surface area (TPSA) is 96.4 Å². The molecule has 4 aliphatic heterocycles. The Morgan fingerprint density at radius 1 is 0.950 bits per heavy atom. The number of carbonyl (C=O) groups excluding carboxylic acids is 3. The van der Waals surface area contributed by atoms with Gasteiger partial charge in [-0.15, -0.1) is 0 Å². The van der Waals surface area contributed by atoms with E-state index < -0.39 is 35.0 Å². The highest BCUT2D eigenvalue weighted by molar-refractivity contribution is 6.06. The first kappa shape index (κ1) is 26.7. The van der Waals surface area contributed by atoms with Gasteiger partial charge >= 0.3 is 5.97 Å². The van der Waals surface area contributed by atoms with Crippen molar-refractivity contribution in [1.82, 2.24) is 4.90 Å². The maximum absolute atomic E-state index is 14.6. The van der Waals surface area contributed by atoms with Gasteiger partial charge in [0.25, 0.3) is 5.91 Å². The Kier molecular flexibility index (Phi) is 7.00. The summed E-state index contributed by atoms with van der Waals surface area (Å²) in [5.74, 6) is -2.77. The van der Waals surface area contributed by atoms with Crippen LogP contribution in [0.2, 0.25) is 0 Å². The molecule has 2 saturated heterocycles. The SMILES string of the molecule is C[C@]12/C=C\CCCCOC(=O)[C@H]1[C@H]1C(=O)N(CCCCO)C3C(=O)N(c4ccc5ccccc5c4)CC=C[C@@]31O2. The van der Waals surface area contributed by atoms with E-state index in [2.05, 4.69) is 0 Å². The summed E-state index contributed by atoms with van der Waals surface area (Å²) in [5, 5.41) is 11.5. The molecule has 0 aromatic heterocycles. The zero-order valence-corrected chi connectivity index (χ0v) is 22.8. The van der Waals surface area contributed by atoms with Crippen molar-refractivity contribution in [3.8, 4) is 0 Å². The second kappa shape index (κ2) is 10.5. The third kappa shape index (κ3) is 4.25. The van der Waals surface area contributed by atoms with Gasteiger partial charge in [0.2, 0.25) is 5.91 Å². The number of ether oxygens (including phenoxy) is 2. The number of aliphatic hydroxyl groups excluding tert-OH is 1. The predicted molar refractivity (Wildman–Crippen MR) is 150 cm³/mol. The predicted octanol–water partition coefficient (Wildman–Crippen LogP) is 3.77. The normalized spacial score (nSPS) is 32.9. The molecule has 0 aliphatic carbocycles. The van der Waals surface area contributed by atoms with E-state index in [1.807, 2.05) is 73.7 Å².